The summed E-state index contributed by atoms with van der Waals surface area (Å²) < 4.78 is 30.4. The van der Waals surface area contributed by atoms with Crippen LogP contribution in [0.4, 0.5) is 0 Å². The molecular weight excluding hydrogens is 445 g/mol. The van der Waals surface area contributed by atoms with Crippen molar-refractivity contribution in [3.8, 4) is 17.2 Å². The third-order valence-electron chi connectivity index (χ3n) is 4.49. The van der Waals surface area contributed by atoms with Gasteiger partial charge in [-0.2, -0.15) is 4.57 Å². The summed E-state index contributed by atoms with van der Waals surface area (Å²) in [6.45, 7) is 3.08. The van der Waals surface area contributed by atoms with Crippen molar-refractivity contribution in [2.75, 3.05) is 0 Å². The van der Waals surface area contributed by atoms with Crippen molar-refractivity contribution in [2.24, 2.45) is 0 Å². The normalized spacial score (nSPS) is 12.7. The van der Waals surface area contributed by atoms with Crippen LogP contribution in [0.3, 0.4) is 0 Å². The summed E-state index contributed by atoms with van der Waals surface area (Å²) in [6.07, 6.45) is 2.03. The Kier molecular flexibility index (Phi) is 6.90. The van der Waals surface area contributed by atoms with Gasteiger partial charge in [0.1, 0.15) is 23.9 Å². The van der Waals surface area contributed by atoms with Crippen molar-refractivity contribution < 1.29 is 27.8 Å². The summed E-state index contributed by atoms with van der Waals surface area (Å²) in [4.78, 5) is 13.6. The minimum Gasteiger partial charge on any atom is -0.736 e. The molecule has 0 saturated carbocycles. The van der Waals surface area contributed by atoms with Crippen molar-refractivity contribution in [3.05, 3.63) is 107 Å². The van der Waals surface area contributed by atoms with Gasteiger partial charge in [0.2, 0.25) is 5.51 Å². The Labute approximate surface area is 190 Å². The summed E-state index contributed by atoms with van der Waals surface area (Å²) in [5.41, 5.74) is 3.97. The Hall–Kier alpha value is -3.12. The molecule has 0 aliphatic heterocycles. The first-order chi connectivity index (χ1) is 15.4. The topological polar surface area (TPSA) is 71.7 Å². The van der Waals surface area contributed by atoms with E-state index in [1.165, 1.54) is 17.0 Å². The summed E-state index contributed by atoms with van der Waals surface area (Å²) in [5, 5.41) is 0. The maximum atomic E-state index is 12.4. The Morgan fingerprint density at radius 3 is 2.28 bits per heavy atom. The van der Waals surface area contributed by atoms with Gasteiger partial charge < -0.3 is 18.7 Å². The van der Waals surface area contributed by atoms with Crippen LogP contribution in [-0.4, -0.2) is 0 Å². The van der Waals surface area contributed by atoms with E-state index in [0.29, 0.717) is 18.9 Å². The van der Waals surface area contributed by atoms with E-state index in [1.807, 2.05) is 59.6 Å². The van der Waals surface area contributed by atoms with Crippen LogP contribution in [0.25, 0.3) is 0 Å². The van der Waals surface area contributed by atoms with Crippen molar-refractivity contribution in [2.45, 2.75) is 20.1 Å². The van der Waals surface area contributed by atoms with Crippen LogP contribution in [0.2, 0.25) is 0 Å². The molecule has 0 N–H and O–H groups in total. The van der Waals surface area contributed by atoms with Crippen LogP contribution in [0.15, 0.2) is 90.6 Å². The average molecular weight is 467 g/mol. The fourth-order valence-electron chi connectivity index (χ4n) is 3.05. The van der Waals surface area contributed by atoms with E-state index in [2.05, 4.69) is 0 Å². The zero-order chi connectivity index (χ0) is 22.4. The molecule has 32 heavy (non-hydrogen) atoms. The molecule has 8 heteroatoms. The fourth-order valence-corrected chi connectivity index (χ4v) is 4.48. The molecule has 164 valence electrons. The van der Waals surface area contributed by atoms with E-state index < -0.39 is 7.82 Å². The van der Waals surface area contributed by atoms with E-state index in [0.717, 1.165) is 11.1 Å². The first kappa shape index (κ1) is 22.1. The lowest BCUT2D eigenvalue weighted by Gasteiger charge is -2.24. The molecule has 0 amide bonds. The largest absolute Gasteiger partial charge is 0.736 e. The quantitative estimate of drug-likeness (QED) is 0.259. The van der Waals surface area contributed by atoms with Gasteiger partial charge in [-0.1, -0.05) is 53.8 Å². The molecule has 0 saturated heterocycles. The molecule has 1 heterocycles. The van der Waals surface area contributed by atoms with Crippen LogP contribution < -0.4 is 23.2 Å². The molecule has 0 aliphatic carbocycles. The van der Waals surface area contributed by atoms with Crippen molar-refractivity contribution >= 4 is 19.2 Å². The van der Waals surface area contributed by atoms with Gasteiger partial charge in [-0.05, 0) is 48.9 Å². The maximum absolute atomic E-state index is 12.4. The van der Waals surface area contributed by atoms with Crippen LogP contribution in [-0.2, 0) is 17.7 Å². The molecule has 4 rings (SSSR count). The van der Waals surface area contributed by atoms with E-state index in [1.54, 1.807) is 41.7 Å². The van der Waals surface area contributed by atoms with Gasteiger partial charge in [0.05, 0.1) is 4.88 Å². The molecule has 0 spiro atoms. The number of ether oxygens (including phenoxy) is 1. The first-order valence-electron chi connectivity index (χ1n) is 9.95. The smallest absolute Gasteiger partial charge is 0.372 e. The Morgan fingerprint density at radius 2 is 1.56 bits per heavy atom. The number of aryl methyl sites for hydroxylation is 1. The second kappa shape index (κ2) is 10.0. The Bertz CT molecular complexity index is 1210. The summed E-state index contributed by atoms with van der Waals surface area (Å²) in [6, 6.07) is 23.1. The van der Waals surface area contributed by atoms with E-state index >= 15 is 0 Å². The molecule has 4 aromatic rings. The number of phosphoric acid groups is 1. The number of hydrogen-bond acceptors (Lipinski definition) is 6. The highest BCUT2D eigenvalue weighted by Crippen LogP contribution is 2.41. The fraction of sp³-hybridized carbons (Fsp3) is 0.125. The van der Waals surface area contributed by atoms with Crippen molar-refractivity contribution in [1.29, 1.82) is 0 Å². The molecule has 3 aromatic carbocycles. The highest BCUT2D eigenvalue weighted by molar-refractivity contribution is 7.46. The van der Waals surface area contributed by atoms with Gasteiger partial charge in [0.15, 0.2) is 12.7 Å². The average Bonchev–Trinajstić information content (AvgIpc) is 3.18. The van der Waals surface area contributed by atoms with Gasteiger partial charge in [0, 0.05) is 5.56 Å². The molecule has 0 radical (unpaired) electrons. The molecular formula is C24H22NO5PS. The monoisotopic (exact) mass is 467 g/mol. The highest BCUT2D eigenvalue weighted by Gasteiger charge is 2.15. The summed E-state index contributed by atoms with van der Waals surface area (Å²) in [5.74, 6) is 0.962. The van der Waals surface area contributed by atoms with Crippen LogP contribution >= 0.6 is 19.2 Å². The number of rotatable bonds is 9. The summed E-state index contributed by atoms with van der Waals surface area (Å²) >= 11 is 1.65. The summed E-state index contributed by atoms with van der Waals surface area (Å²) in [7, 11) is -4.61. The lowest BCUT2D eigenvalue weighted by atomic mass is 10.2. The van der Waals surface area contributed by atoms with Gasteiger partial charge in [-0.15, -0.1) is 0 Å². The predicted molar refractivity (Wildman–Crippen MR) is 121 cm³/mol. The number of benzene rings is 3. The number of nitrogens with zero attached hydrogens (tertiary/aromatic N) is 1. The van der Waals surface area contributed by atoms with E-state index in [4.69, 9.17) is 13.8 Å². The second-order valence-electron chi connectivity index (χ2n) is 7.16. The zero-order valence-electron chi connectivity index (χ0n) is 17.4. The number of aromatic nitrogens is 1. The van der Waals surface area contributed by atoms with Crippen LogP contribution in [0, 0.1) is 6.92 Å². The Morgan fingerprint density at radius 1 is 0.875 bits per heavy atom. The molecule has 0 bridgehead atoms. The number of phosphoric ester groups is 1. The van der Waals surface area contributed by atoms with Gasteiger partial charge in [0.25, 0.3) is 0 Å². The Balaban J connectivity index is 1.34. The van der Waals surface area contributed by atoms with Gasteiger partial charge >= 0.3 is 7.82 Å². The molecule has 1 unspecified atom stereocenters. The second-order valence-corrected chi connectivity index (χ2v) is 9.51. The SMILES string of the molecule is Cc1c[n+](Cc2cccc(OP(=O)([O-])Oc3ccc(OCc4ccccc4)cc3)c2)cs1. The number of hydrogen-bond donors (Lipinski definition) is 0. The zero-order valence-corrected chi connectivity index (χ0v) is 19.1. The van der Waals surface area contributed by atoms with E-state index in [-0.39, 0.29) is 11.5 Å². The lowest BCUT2D eigenvalue weighted by molar-refractivity contribution is -0.683. The third kappa shape index (κ3) is 6.44. The van der Waals surface area contributed by atoms with Crippen LogP contribution in [0.1, 0.15) is 16.0 Å². The van der Waals surface area contributed by atoms with Gasteiger partial charge in [-0.25, -0.2) is 4.57 Å². The molecule has 0 fully saturated rings. The molecule has 1 aromatic heterocycles. The minimum atomic E-state index is -4.61. The van der Waals surface area contributed by atoms with Crippen molar-refractivity contribution in [1.82, 2.24) is 0 Å². The first-order valence-corrected chi connectivity index (χ1v) is 12.3. The molecule has 6 nitrogen and oxygen atoms in total. The lowest BCUT2D eigenvalue weighted by Crippen LogP contribution is -2.30. The van der Waals surface area contributed by atoms with E-state index in [9.17, 15) is 9.46 Å². The molecule has 1 atom stereocenters. The third-order valence-corrected chi connectivity index (χ3v) is 6.21. The van der Waals surface area contributed by atoms with Crippen molar-refractivity contribution in [3.63, 3.8) is 0 Å². The predicted octanol–water partition coefficient (Wildman–Crippen LogP) is 4.90. The molecule has 0 aliphatic rings. The number of thiazole rings is 1. The van der Waals surface area contributed by atoms with Crippen LogP contribution in [0.5, 0.6) is 17.2 Å². The highest BCUT2D eigenvalue weighted by atomic mass is 32.1. The standard InChI is InChI=1S/C24H22NO5PS/c1-19-15-25(18-32-19)16-21-8-5-9-24(14-21)30-31(26,27)29-23-12-10-22(11-13-23)28-17-20-6-3-2-4-7-20/h2-15,18H,16-17H2,1H3. The maximum Gasteiger partial charge on any atom is 0.372 e. The van der Waals surface area contributed by atoms with Gasteiger partial charge in [-0.3, -0.25) is 0 Å². The minimum absolute atomic E-state index is 0.149.